The second kappa shape index (κ2) is 13.5. The van der Waals surface area contributed by atoms with Crippen LogP contribution in [0.3, 0.4) is 0 Å². The van der Waals surface area contributed by atoms with E-state index in [9.17, 15) is 0 Å². The maximum absolute atomic E-state index is 2.63. The van der Waals surface area contributed by atoms with Crippen molar-refractivity contribution in [3.8, 4) is 33.4 Å². The Kier molecular flexibility index (Phi) is 8.24. The van der Waals surface area contributed by atoms with Crippen molar-refractivity contribution in [1.29, 1.82) is 0 Å². The Morgan fingerprint density at radius 3 is 1.65 bits per heavy atom. The summed E-state index contributed by atoms with van der Waals surface area (Å²) < 4.78 is 0. The van der Waals surface area contributed by atoms with Gasteiger partial charge in [0.1, 0.15) is 0 Å². The van der Waals surface area contributed by atoms with Gasteiger partial charge in [-0.15, -0.1) is 0 Å². The number of fused-ring (bicyclic) bond motifs is 7. The number of hydrogen-bond donors (Lipinski definition) is 0. The van der Waals surface area contributed by atoms with Crippen LogP contribution in [-0.4, -0.2) is 33.2 Å². The molecule has 4 aliphatic rings. The van der Waals surface area contributed by atoms with Crippen LogP contribution in [0.2, 0.25) is 0 Å². The molecule has 57 heavy (non-hydrogen) atoms. The number of piperidine rings is 2. The number of benzene rings is 7. The van der Waals surface area contributed by atoms with E-state index >= 15 is 0 Å². The highest BCUT2D eigenvalue weighted by Crippen LogP contribution is 2.52. The molecule has 1 aliphatic carbocycles. The lowest BCUT2D eigenvalue weighted by molar-refractivity contribution is 0.578. The predicted octanol–water partition coefficient (Wildman–Crippen LogP) is 13.5. The van der Waals surface area contributed by atoms with Gasteiger partial charge in [0.25, 0.3) is 0 Å². The van der Waals surface area contributed by atoms with Crippen molar-refractivity contribution >= 4 is 44.3 Å². The molecule has 7 aromatic carbocycles. The molecule has 0 N–H and O–H groups in total. The summed E-state index contributed by atoms with van der Waals surface area (Å²) in [7, 11) is 2.26. The molecule has 11 rings (SSSR count). The summed E-state index contributed by atoms with van der Waals surface area (Å²) in [6.45, 7) is 9.34. The maximum atomic E-state index is 2.63. The molecule has 0 aromatic heterocycles. The second-order valence-electron chi connectivity index (χ2n) is 17.8. The van der Waals surface area contributed by atoms with E-state index in [1.807, 2.05) is 0 Å². The summed E-state index contributed by atoms with van der Waals surface area (Å²) in [5.41, 5.74) is 19.1. The fraction of sp³-hybridized carbons (Fsp3) is 0.296. The quantitative estimate of drug-likeness (QED) is 0.166. The first-order valence-electron chi connectivity index (χ1n) is 21.7. The number of anilines is 4. The molecule has 3 nitrogen and oxygen atoms in total. The zero-order valence-corrected chi connectivity index (χ0v) is 33.9. The first-order chi connectivity index (χ1) is 27.9. The van der Waals surface area contributed by atoms with Crippen molar-refractivity contribution in [2.45, 2.75) is 70.6 Å². The summed E-state index contributed by atoms with van der Waals surface area (Å²) in [5.74, 6) is 0. The van der Waals surface area contributed by atoms with E-state index in [2.05, 4.69) is 157 Å². The Balaban J connectivity index is 1.20. The molecule has 3 heterocycles. The number of hydrogen-bond acceptors (Lipinski definition) is 3. The van der Waals surface area contributed by atoms with Gasteiger partial charge in [0.05, 0.1) is 0 Å². The van der Waals surface area contributed by atoms with E-state index in [4.69, 9.17) is 0 Å². The highest BCUT2D eigenvalue weighted by atomic mass is 15.1. The van der Waals surface area contributed by atoms with Gasteiger partial charge < -0.3 is 14.7 Å². The Bertz CT molecular complexity index is 2710. The van der Waals surface area contributed by atoms with Crippen molar-refractivity contribution in [3.63, 3.8) is 0 Å². The standard InChI is InChI=1S/C54H53N3/c1-54(2)48-16-8-7-15-42(48)43-25-22-38(32-49(43)54)52-44-26-23-41(57-30-12-5-13-31-57)35-47(44)53(45-27-24-40(34-46(45)52)56-28-10-4-11-29-56)39-21-20-37-19-18-36-14-6-9-17-50(36)55(3)51(37)33-39/h6-9,14-17,20-27,32-35H,4-5,10-13,18-19,28-31H2,1-3H3. The van der Waals surface area contributed by atoms with Crippen LogP contribution in [-0.2, 0) is 18.3 Å². The molecule has 2 saturated heterocycles. The third-order valence-electron chi connectivity index (χ3n) is 14.2. The summed E-state index contributed by atoms with van der Waals surface area (Å²) in [4.78, 5) is 7.71. The van der Waals surface area contributed by atoms with Crippen LogP contribution in [0, 0.1) is 0 Å². The van der Waals surface area contributed by atoms with Crippen molar-refractivity contribution in [3.05, 3.63) is 144 Å². The normalized spacial score (nSPS) is 17.3. The van der Waals surface area contributed by atoms with Gasteiger partial charge in [-0.05, 0) is 171 Å². The van der Waals surface area contributed by atoms with Gasteiger partial charge in [0.15, 0.2) is 0 Å². The molecule has 3 heteroatoms. The molecular weight excluding hydrogens is 691 g/mol. The lowest BCUT2D eigenvalue weighted by atomic mass is 9.80. The lowest BCUT2D eigenvalue weighted by Crippen LogP contribution is -2.29. The number of rotatable bonds is 4. The van der Waals surface area contributed by atoms with E-state index in [0.29, 0.717) is 0 Å². The van der Waals surface area contributed by atoms with E-state index < -0.39 is 0 Å². The van der Waals surface area contributed by atoms with E-state index in [0.717, 1.165) is 39.0 Å². The number of aryl methyl sites for hydroxylation is 2. The first-order valence-corrected chi connectivity index (χ1v) is 21.7. The molecule has 0 spiro atoms. The molecule has 0 amide bonds. The van der Waals surface area contributed by atoms with Crippen LogP contribution in [0.1, 0.15) is 74.6 Å². The molecule has 0 bridgehead atoms. The lowest BCUT2D eigenvalue weighted by Gasteiger charge is -2.31. The minimum Gasteiger partial charge on any atom is -0.372 e. The van der Waals surface area contributed by atoms with Crippen LogP contribution >= 0.6 is 0 Å². The van der Waals surface area contributed by atoms with Crippen LogP contribution < -0.4 is 14.7 Å². The van der Waals surface area contributed by atoms with E-state index in [1.165, 1.54) is 138 Å². The van der Waals surface area contributed by atoms with Crippen molar-refractivity contribution < 1.29 is 0 Å². The zero-order chi connectivity index (χ0) is 38.3. The fourth-order valence-corrected chi connectivity index (χ4v) is 11.1. The number of nitrogens with zero attached hydrogens (tertiary/aromatic N) is 3. The topological polar surface area (TPSA) is 9.72 Å². The summed E-state index contributed by atoms with van der Waals surface area (Å²) in [6, 6.07) is 47.7. The van der Waals surface area contributed by atoms with Crippen molar-refractivity contribution in [2.75, 3.05) is 47.9 Å². The first kappa shape index (κ1) is 34.7. The molecule has 0 saturated carbocycles. The third-order valence-corrected chi connectivity index (χ3v) is 14.2. The average molecular weight is 744 g/mol. The van der Waals surface area contributed by atoms with Gasteiger partial charge in [-0.2, -0.15) is 0 Å². The predicted molar refractivity (Wildman–Crippen MR) is 244 cm³/mol. The van der Waals surface area contributed by atoms with Gasteiger partial charge in [-0.1, -0.05) is 92.7 Å². The summed E-state index contributed by atoms with van der Waals surface area (Å²) in [5, 5.41) is 5.39. The SMILES string of the molecule is CN1c2ccccc2CCc2ccc(-c3c4ccc(N5CCCCC5)cc4c(-c4ccc5c(c4)C(C)(C)c4ccccc4-5)c4ccc(N5CCCCC5)cc34)cc21. The molecule has 0 radical (unpaired) electrons. The molecule has 284 valence electrons. The van der Waals surface area contributed by atoms with Crippen LogP contribution in [0.5, 0.6) is 0 Å². The minimum absolute atomic E-state index is 0.0691. The van der Waals surface area contributed by atoms with Crippen LogP contribution in [0.4, 0.5) is 22.7 Å². The summed E-state index contributed by atoms with van der Waals surface area (Å²) in [6.07, 6.45) is 9.82. The smallest absolute Gasteiger partial charge is 0.0447 e. The van der Waals surface area contributed by atoms with E-state index in [-0.39, 0.29) is 5.41 Å². The van der Waals surface area contributed by atoms with Crippen molar-refractivity contribution in [2.24, 2.45) is 0 Å². The molecule has 0 atom stereocenters. The molecule has 2 fully saturated rings. The summed E-state index contributed by atoms with van der Waals surface area (Å²) >= 11 is 0. The zero-order valence-electron chi connectivity index (χ0n) is 33.9. The fourth-order valence-electron chi connectivity index (χ4n) is 11.1. The molecule has 7 aromatic rings. The monoisotopic (exact) mass is 743 g/mol. The van der Waals surface area contributed by atoms with E-state index in [1.54, 1.807) is 0 Å². The Morgan fingerprint density at radius 2 is 0.982 bits per heavy atom. The Morgan fingerprint density at radius 1 is 0.439 bits per heavy atom. The second-order valence-corrected chi connectivity index (χ2v) is 17.8. The van der Waals surface area contributed by atoms with Crippen LogP contribution in [0.15, 0.2) is 121 Å². The molecular formula is C54H53N3. The van der Waals surface area contributed by atoms with Gasteiger partial charge in [0.2, 0.25) is 0 Å². The minimum atomic E-state index is -0.0691. The van der Waals surface area contributed by atoms with Gasteiger partial charge >= 0.3 is 0 Å². The van der Waals surface area contributed by atoms with Gasteiger partial charge in [0, 0.05) is 61.4 Å². The van der Waals surface area contributed by atoms with Gasteiger partial charge in [-0.3, -0.25) is 0 Å². The Hall–Kier alpha value is -5.54. The largest absolute Gasteiger partial charge is 0.372 e. The van der Waals surface area contributed by atoms with Crippen LogP contribution in [0.25, 0.3) is 54.9 Å². The maximum Gasteiger partial charge on any atom is 0.0447 e. The molecule has 3 aliphatic heterocycles. The highest BCUT2D eigenvalue weighted by molar-refractivity contribution is 6.22. The highest BCUT2D eigenvalue weighted by Gasteiger charge is 2.35. The average Bonchev–Trinajstić information content (AvgIpc) is 3.39. The number of para-hydroxylation sites is 1. The molecule has 0 unspecified atom stereocenters. The Labute approximate surface area is 338 Å². The third kappa shape index (κ3) is 5.60. The van der Waals surface area contributed by atoms with Gasteiger partial charge in [-0.25, -0.2) is 0 Å². The van der Waals surface area contributed by atoms with Crippen molar-refractivity contribution in [1.82, 2.24) is 0 Å².